The topological polar surface area (TPSA) is 38.1 Å². The number of hydrogen-bond donors (Lipinski definition) is 1. The van der Waals surface area contributed by atoms with Crippen LogP contribution in [0.4, 0.5) is 5.82 Å². The summed E-state index contributed by atoms with van der Waals surface area (Å²) >= 11 is 0. The normalized spacial score (nSPS) is 16.2. The third kappa shape index (κ3) is 2.52. The van der Waals surface area contributed by atoms with Gasteiger partial charge in [-0.05, 0) is 25.2 Å². The molecule has 84 valence electrons. The summed E-state index contributed by atoms with van der Waals surface area (Å²) in [5.41, 5.74) is 1.33. The maximum atomic E-state index is 5.39. The molecular formula is C12H20N2O. The molecule has 1 aromatic rings. The van der Waals surface area contributed by atoms with E-state index in [4.69, 9.17) is 4.52 Å². The Kier molecular flexibility index (Phi) is 3.29. The van der Waals surface area contributed by atoms with E-state index in [9.17, 15) is 0 Å². The van der Waals surface area contributed by atoms with Crippen LogP contribution in [0, 0.1) is 5.92 Å². The van der Waals surface area contributed by atoms with Gasteiger partial charge in [-0.25, -0.2) is 0 Å². The molecule has 0 fully saturated rings. The quantitative estimate of drug-likeness (QED) is 0.776. The Balaban J connectivity index is 2.08. The summed E-state index contributed by atoms with van der Waals surface area (Å²) < 4.78 is 5.39. The van der Waals surface area contributed by atoms with Crippen LogP contribution in [0.1, 0.15) is 44.4 Å². The maximum absolute atomic E-state index is 5.39. The summed E-state index contributed by atoms with van der Waals surface area (Å²) in [7, 11) is 0. The monoisotopic (exact) mass is 208 g/mol. The minimum absolute atomic E-state index is 0.642. The molecule has 15 heavy (non-hydrogen) atoms. The molecule has 1 aromatic heterocycles. The first-order valence-corrected chi connectivity index (χ1v) is 5.98. The Bertz CT molecular complexity index is 317. The first-order chi connectivity index (χ1) is 7.27. The van der Waals surface area contributed by atoms with Gasteiger partial charge in [0.1, 0.15) is 5.76 Å². The van der Waals surface area contributed by atoms with E-state index in [1.165, 1.54) is 24.8 Å². The molecule has 1 aliphatic carbocycles. The van der Waals surface area contributed by atoms with E-state index in [0.717, 1.165) is 31.0 Å². The fourth-order valence-corrected chi connectivity index (χ4v) is 2.00. The predicted molar refractivity (Wildman–Crippen MR) is 61.1 cm³/mol. The number of nitrogens with one attached hydrogen (secondary N) is 1. The van der Waals surface area contributed by atoms with Crippen molar-refractivity contribution < 1.29 is 4.52 Å². The lowest BCUT2D eigenvalue weighted by atomic mass is 10.1. The van der Waals surface area contributed by atoms with Gasteiger partial charge in [-0.15, -0.1) is 0 Å². The van der Waals surface area contributed by atoms with Crippen LogP contribution < -0.4 is 5.32 Å². The first-order valence-electron chi connectivity index (χ1n) is 5.98. The molecule has 0 aliphatic heterocycles. The van der Waals surface area contributed by atoms with E-state index in [1.807, 2.05) is 0 Å². The maximum Gasteiger partial charge on any atom is 0.172 e. The molecule has 0 unspecified atom stereocenters. The fourth-order valence-electron chi connectivity index (χ4n) is 2.00. The van der Waals surface area contributed by atoms with Gasteiger partial charge in [0.15, 0.2) is 5.82 Å². The Hall–Kier alpha value is -0.990. The SMILES string of the molecule is CC(C)CNc1noc2c1CCCCC2. The number of hydrogen-bond acceptors (Lipinski definition) is 3. The van der Waals surface area contributed by atoms with Crippen molar-refractivity contribution in [1.82, 2.24) is 5.16 Å². The van der Waals surface area contributed by atoms with Crippen molar-refractivity contribution in [3.63, 3.8) is 0 Å². The largest absolute Gasteiger partial charge is 0.367 e. The van der Waals surface area contributed by atoms with E-state index in [-0.39, 0.29) is 0 Å². The van der Waals surface area contributed by atoms with Crippen molar-refractivity contribution in [2.75, 3.05) is 11.9 Å². The van der Waals surface area contributed by atoms with Crippen LogP contribution >= 0.6 is 0 Å². The van der Waals surface area contributed by atoms with Gasteiger partial charge in [-0.2, -0.15) is 0 Å². The van der Waals surface area contributed by atoms with Crippen molar-refractivity contribution in [3.05, 3.63) is 11.3 Å². The molecular weight excluding hydrogens is 188 g/mol. The zero-order chi connectivity index (χ0) is 10.7. The molecule has 3 heteroatoms. The molecule has 3 nitrogen and oxygen atoms in total. The van der Waals surface area contributed by atoms with E-state index < -0.39 is 0 Å². The number of aromatic nitrogens is 1. The average Bonchev–Trinajstić information content (AvgIpc) is 2.44. The lowest BCUT2D eigenvalue weighted by Gasteiger charge is -2.06. The molecule has 0 saturated heterocycles. The minimum atomic E-state index is 0.642. The van der Waals surface area contributed by atoms with Crippen molar-refractivity contribution in [2.24, 2.45) is 5.92 Å². The van der Waals surface area contributed by atoms with Crippen LogP contribution in [0.15, 0.2) is 4.52 Å². The molecule has 0 bridgehead atoms. The third-order valence-corrected chi connectivity index (χ3v) is 2.88. The first kappa shape index (κ1) is 10.5. The van der Waals surface area contributed by atoms with Gasteiger partial charge in [0, 0.05) is 18.5 Å². The second-order valence-electron chi connectivity index (χ2n) is 4.77. The summed E-state index contributed by atoms with van der Waals surface area (Å²) in [6, 6.07) is 0. The van der Waals surface area contributed by atoms with Crippen molar-refractivity contribution >= 4 is 5.82 Å². The molecule has 2 rings (SSSR count). The molecule has 0 spiro atoms. The van der Waals surface area contributed by atoms with E-state index >= 15 is 0 Å². The van der Waals surface area contributed by atoms with Crippen molar-refractivity contribution in [2.45, 2.75) is 46.0 Å². The highest BCUT2D eigenvalue weighted by atomic mass is 16.5. The summed E-state index contributed by atoms with van der Waals surface area (Å²) in [6.07, 6.45) is 6.01. The lowest BCUT2D eigenvalue weighted by Crippen LogP contribution is -2.09. The molecule has 0 aromatic carbocycles. The van der Waals surface area contributed by atoms with E-state index in [2.05, 4.69) is 24.3 Å². The van der Waals surface area contributed by atoms with Crippen LogP contribution in [-0.2, 0) is 12.8 Å². The Morgan fingerprint density at radius 1 is 1.27 bits per heavy atom. The van der Waals surface area contributed by atoms with Gasteiger partial charge in [0.05, 0.1) is 0 Å². The predicted octanol–water partition coefficient (Wildman–Crippen LogP) is 3.01. The summed E-state index contributed by atoms with van der Waals surface area (Å²) in [4.78, 5) is 0. The lowest BCUT2D eigenvalue weighted by molar-refractivity contribution is 0.382. The highest BCUT2D eigenvalue weighted by molar-refractivity contribution is 5.45. The smallest absolute Gasteiger partial charge is 0.172 e. The summed E-state index contributed by atoms with van der Waals surface area (Å²) in [6.45, 7) is 5.37. The van der Waals surface area contributed by atoms with Crippen molar-refractivity contribution in [1.29, 1.82) is 0 Å². The van der Waals surface area contributed by atoms with Gasteiger partial charge in [0.2, 0.25) is 0 Å². The highest BCUT2D eigenvalue weighted by Gasteiger charge is 2.17. The van der Waals surface area contributed by atoms with Crippen molar-refractivity contribution in [3.8, 4) is 0 Å². The van der Waals surface area contributed by atoms with Gasteiger partial charge >= 0.3 is 0 Å². The second-order valence-corrected chi connectivity index (χ2v) is 4.77. The van der Waals surface area contributed by atoms with Crippen LogP contribution in [0.3, 0.4) is 0 Å². The van der Waals surface area contributed by atoms with E-state index in [0.29, 0.717) is 5.92 Å². The number of rotatable bonds is 3. The van der Waals surface area contributed by atoms with Gasteiger partial charge in [0.25, 0.3) is 0 Å². The molecule has 0 saturated carbocycles. The summed E-state index contributed by atoms with van der Waals surface area (Å²) in [5, 5.41) is 7.50. The van der Waals surface area contributed by atoms with Crippen LogP contribution in [0.2, 0.25) is 0 Å². The average molecular weight is 208 g/mol. The zero-order valence-corrected chi connectivity index (χ0v) is 9.68. The fraction of sp³-hybridized carbons (Fsp3) is 0.750. The van der Waals surface area contributed by atoms with Gasteiger partial charge in [-0.3, -0.25) is 0 Å². The molecule has 1 N–H and O–H groups in total. The van der Waals surface area contributed by atoms with Crippen LogP contribution in [-0.4, -0.2) is 11.7 Å². The number of aryl methyl sites for hydroxylation is 1. The number of fused-ring (bicyclic) bond motifs is 1. The van der Waals surface area contributed by atoms with Gasteiger partial charge in [-0.1, -0.05) is 25.4 Å². The molecule has 0 atom stereocenters. The second kappa shape index (κ2) is 4.69. The standard InChI is InChI=1S/C12H20N2O/c1-9(2)8-13-12-10-6-4-3-5-7-11(10)15-14-12/h9H,3-8H2,1-2H3,(H,13,14). The summed E-state index contributed by atoms with van der Waals surface area (Å²) in [5.74, 6) is 2.74. The number of anilines is 1. The molecule has 0 amide bonds. The van der Waals surface area contributed by atoms with Crippen LogP contribution in [0.25, 0.3) is 0 Å². The molecule has 1 aliphatic rings. The van der Waals surface area contributed by atoms with Crippen LogP contribution in [0.5, 0.6) is 0 Å². The zero-order valence-electron chi connectivity index (χ0n) is 9.68. The molecule has 0 radical (unpaired) electrons. The Labute approximate surface area is 91.2 Å². The van der Waals surface area contributed by atoms with E-state index in [1.54, 1.807) is 0 Å². The van der Waals surface area contributed by atoms with Gasteiger partial charge < -0.3 is 9.84 Å². The Morgan fingerprint density at radius 2 is 2.07 bits per heavy atom. The Morgan fingerprint density at radius 3 is 2.87 bits per heavy atom. The number of nitrogens with zero attached hydrogens (tertiary/aromatic N) is 1. The molecule has 1 heterocycles. The highest BCUT2D eigenvalue weighted by Crippen LogP contribution is 2.26. The third-order valence-electron chi connectivity index (χ3n) is 2.88. The minimum Gasteiger partial charge on any atom is -0.367 e.